The number of benzene rings is 1. The van der Waals surface area contributed by atoms with Crippen LogP contribution in [0.3, 0.4) is 0 Å². The number of aromatic nitrogens is 2. The largest absolute Gasteiger partial charge is 0.480 e. The highest BCUT2D eigenvalue weighted by atomic mass is 16.5. The van der Waals surface area contributed by atoms with Crippen molar-refractivity contribution in [3.05, 3.63) is 48.3 Å². The summed E-state index contributed by atoms with van der Waals surface area (Å²) in [4.78, 5) is 19.4. The number of hydrogen-bond donors (Lipinski definition) is 0. The Morgan fingerprint density at radius 1 is 1.06 bits per heavy atom. The average Bonchev–Trinajstić information content (AvgIpc) is 2.40. The molecule has 0 aliphatic carbocycles. The van der Waals surface area contributed by atoms with Crippen LogP contribution in [0.4, 0.5) is 0 Å². The van der Waals surface area contributed by atoms with Gasteiger partial charge in [-0.25, -0.2) is 14.8 Å². The Morgan fingerprint density at radius 2 is 1.71 bits per heavy atom. The summed E-state index contributed by atoms with van der Waals surface area (Å²) in [5, 5.41) is 0. The van der Waals surface area contributed by atoms with Crippen molar-refractivity contribution in [2.24, 2.45) is 0 Å². The van der Waals surface area contributed by atoms with Crippen molar-refractivity contribution in [1.29, 1.82) is 0 Å². The van der Waals surface area contributed by atoms with Crippen LogP contribution in [0.1, 0.15) is 10.4 Å². The van der Waals surface area contributed by atoms with E-state index in [1.807, 2.05) is 6.07 Å². The van der Waals surface area contributed by atoms with E-state index in [2.05, 4.69) is 9.97 Å². The predicted octanol–water partition coefficient (Wildman–Crippen LogP) is 1.70. The normalized spacial score (nSPS) is 9.71. The Labute approximate surface area is 98.0 Å². The topological polar surface area (TPSA) is 61.3 Å². The third-order valence-electron chi connectivity index (χ3n) is 2.02. The van der Waals surface area contributed by atoms with Gasteiger partial charge in [0.25, 0.3) is 0 Å². The van der Waals surface area contributed by atoms with E-state index in [4.69, 9.17) is 9.47 Å². The molecule has 0 amide bonds. The summed E-state index contributed by atoms with van der Waals surface area (Å²) < 4.78 is 9.88. The van der Waals surface area contributed by atoms with E-state index in [0.29, 0.717) is 11.4 Å². The van der Waals surface area contributed by atoms with Gasteiger partial charge in [0.15, 0.2) is 0 Å². The lowest BCUT2D eigenvalue weighted by Gasteiger charge is -2.03. The number of carbonyl (C=O) groups excluding carboxylic acids is 1. The molecular weight excluding hydrogens is 220 g/mol. The fourth-order valence-corrected chi connectivity index (χ4v) is 1.19. The summed E-state index contributed by atoms with van der Waals surface area (Å²) in [6.07, 6.45) is 2.72. The SMILES string of the molecule is COc1cnc(OC(=O)c2ccccc2)cn1. The maximum Gasteiger partial charge on any atom is 0.344 e. The lowest BCUT2D eigenvalue weighted by atomic mass is 10.2. The summed E-state index contributed by atoms with van der Waals surface area (Å²) in [7, 11) is 1.49. The molecule has 1 aromatic carbocycles. The van der Waals surface area contributed by atoms with Crippen LogP contribution in [0, 0.1) is 0 Å². The molecule has 0 aliphatic heterocycles. The third-order valence-corrected chi connectivity index (χ3v) is 2.02. The van der Waals surface area contributed by atoms with E-state index in [-0.39, 0.29) is 5.88 Å². The first-order valence-electron chi connectivity index (χ1n) is 4.93. The number of rotatable bonds is 3. The number of carbonyl (C=O) groups is 1. The molecule has 2 aromatic rings. The molecular formula is C12H10N2O3. The van der Waals surface area contributed by atoms with Crippen LogP contribution in [0.25, 0.3) is 0 Å². The van der Waals surface area contributed by atoms with Gasteiger partial charge in [0.2, 0.25) is 11.8 Å². The molecule has 0 fully saturated rings. The van der Waals surface area contributed by atoms with Crippen molar-refractivity contribution in [2.45, 2.75) is 0 Å². The first-order chi connectivity index (χ1) is 8.29. The molecule has 1 heterocycles. The highest BCUT2D eigenvalue weighted by Crippen LogP contribution is 2.10. The van der Waals surface area contributed by atoms with Crippen molar-refractivity contribution >= 4 is 5.97 Å². The Bertz CT molecular complexity index is 497. The average molecular weight is 230 g/mol. The Morgan fingerprint density at radius 3 is 2.29 bits per heavy atom. The summed E-state index contributed by atoms with van der Waals surface area (Å²) in [6, 6.07) is 8.68. The van der Waals surface area contributed by atoms with E-state index in [1.54, 1.807) is 24.3 Å². The molecule has 86 valence electrons. The van der Waals surface area contributed by atoms with Gasteiger partial charge in [0.1, 0.15) is 0 Å². The number of nitrogens with zero attached hydrogens (tertiary/aromatic N) is 2. The van der Waals surface area contributed by atoms with E-state index in [0.717, 1.165) is 0 Å². The second-order valence-corrected chi connectivity index (χ2v) is 3.15. The molecule has 5 heteroatoms. The maximum atomic E-state index is 11.6. The first-order valence-corrected chi connectivity index (χ1v) is 4.93. The molecule has 0 atom stereocenters. The van der Waals surface area contributed by atoms with E-state index >= 15 is 0 Å². The Kier molecular flexibility index (Phi) is 3.30. The zero-order valence-corrected chi connectivity index (χ0v) is 9.16. The number of ether oxygens (including phenoxy) is 2. The molecule has 2 rings (SSSR count). The quantitative estimate of drug-likeness (QED) is 0.751. The van der Waals surface area contributed by atoms with Crippen molar-refractivity contribution in [1.82, 2.24) is 9.97 Å². The van der Waals surface area contributed by atoms with Crippen LogP contribution in [0.15, 0.2) is 42.7 Å². The lowest BCUT2D eigenvalue weighted by molar-refractivity contribution is 0.0726. The molecule has 1 aromatic heterocycles. The minimum atomic E-state index is -0.468. The van der Waals surface area contributed by atoms with E-state index in [9.17, 15) is 4.79 Å². The second-order valence-electron chi connectivity index (χ2n) is 3.15. The Balaban J connectivity index is 2.08. The number of hydrogen-bond acceptors (Lipinski definition) is 5. The summed E-state index contributed by atoms with van der Waals surface area (Å²) >= 11 is 0. The van der Waals surface area contributed by atoms with Crippen molar-refractivity contribution in [2.75, 3.05) is 7.11 Å². The van der Waals surface area contributed by atoms with Crippen LogP contribution in [-0.2, 0) is 0 Å². The van der Waals surface area contributed by atoms with E-state index in [1.165, 1.54) is 19.5 Å². The number of esters is 1. The molecule has 0 saturated carbocycles. The molecule has 0 radical (unpaired) electrons. The van der Waals surface area contributed by atoms with E-state index < -0.39 is 5.97 Å². The zero-order valence-electron chi connectivity index (χ0n) is 9.16. The van der Waals surface area contributed by atoms with Gasteiger partial charge in [-0.1, -0.05) is 18.2 Å². The van der Waals surface area contributed by atoms with Crippen LogP contribution >= 0.6 is 0 Å². The van der Waals surface area contributed by atoms with Crippen LogP contribution in [0.5, 0.6) is 11.8 Å². The minimum Gasteiger partial charge on any atom is -0.480 e. The van der Waals surface area contributed by atoms with Gasteiger partial charge in [0.05, 0.1) is 25.1 Å². The molecule has 5 nitrogen and oxygen atoms in total. The van der Waals surface area contributed by atoms with Gasteiger partial charge in [-0.3, -0.25) is 0 Å². The first kappa shape index (κ1) is 11.1. The predicted molar refractivity (Wildman–Crippen MR) is 60.0 cm³/mol. The number of methoxy groups -OCH3 is 1. The van der Waals surface area contributed by atoms with Gasteiger partial charge >= 0.3 is 5.97 Å². The molecule has 0 bridgehead atoms. The molecule has 17 heavy (non-hydrogen) atoms. The monoisotopic (exact) mass is 230 g/mol. The van der Waals surface area contributed by atoms with Crippen LogP contribution < -0.4 is 9.47 Å². The highest BCUT2D eigenvalue weighted by molar-refractivity contribution is 5.90. The molecule has 0 saturated heterocycles. The molecule has 0 N–H and O–H groups in total. The second kappa shape index (κ2) is 5.07. The van der Waals surface area contributed by atoms with Crippen molar-refractivity contribution < 1.29 is 14.3 Å². The third kappa shape index (κ3) is 2.78. The minimum absolute atomic E-state index is 0.139. The van der Waals surface area contributed by atoms with Gasteiger partial charge in [-0.05, 0) is 12.1 Å². The fraction of sp³-hybridized carbons (Fsp3) is 0.0833. The zero-order chi connectivity index (χ0) is 12.1. The summed E-state index contributed by atoms with van der Waals surface area (Å²) in [6.45, 7) is 0. The van der Waals surface area contributed by atoms with Gasteiger partial charge < -0.3 is 9.47 Å². The smallest absolute Gasteiger partial charge is 0.344 e. The lowest BCUT2D eigenvalue weighted by Crippen LogP contribution is -2.09. The fourth-order valence-electron chi connectivity index (χ4n) is 1.19. The van der Waals surface area contributed by atoms with Crippen molar-refractivity contribution in [3.63, 3.8) is 0 Å². The molecule has 0 spiro atoms. The maximum absolute atomic E-state index is 11.6. The summed E-state index contributed by atoms with van der Waals surface area (Å²) in [5.41, 5.74) is 0.463. The Hall–Kier alpha value is -2.43. The molecule has 0 unspecified atom stereocenters. The molecule has 0 aliphatic rings. The van der Waals surface area contributed by atoms with Crippen LogP contribution in [-0.4, -0.2) is 23.0 Å². The van der Waals surface area contributed by atoms with Crippen molar-refractivity contribution in [3.8, 4) is 11.8 Å². The standard InChI is InChI=1S/C12H10N2O3/c1-16-10-7-14-11(8-13-10)17-12(15)9-5-3-2-4-6-9/h2-8H,1H3. The van der Waals surface area contributed by atoms with Gasteiger partial charge in [-0.2, -0.15) is 0 Å². The van der Waals surface area contributed by atoms with Gasteiger partial charge in [-0.15, -0.1) is 0 Å². The summed E-state index contributed by atoms with van der Waals surface area (Å²) in [5.74, 6) is 0.0363. The highest BCUT2D eigenvalue weighted by Gasteiger charge is 2.08. The van der Waals surface area contributed by atoms with Gasteiger partial charge in [0, 0.05) is 0 Å². The van der Waals surface area contributed by atoms with Crippen LogP contribution in [0.2, 0.25) is 0 Å².